The summed E-state index contributed by atoms with van der Waals surface area (Å²) in [5.41, 5.74) is 3.77. The number of ether oxygens (including phenoxy) is 1. The maximum atomic E-state index is 12.4. The minimum absolute atomic E-state index is 0.122. The predicted molar refractivity (Wildman–Crippen MR) is 86.5 cm³/mol. The number of benzene rings is 1. The Bertz CT molecular complexity index is 708. The normalized spacial score (nSPS) is 22.9. The van der Waals surface area contributed by atoms with E-state index in [2.05, 4.69) is 6.08 Å². The monoisotopic (exact) mass is 298 g/mol. The van der Waals surface area contributed by atoms with E-state index in [1.54, 1.807) is 13.2 Å². The number of carbonyl (C=O) groups is 1. The Morgan fingerprint density at radius 2 is 2.00 bits per heavy atom. The van der Waals surface area contributed by atoms with E-state index < -0.39 is 5.41 Å². The molecule has 0 saturated heterocycles. The summed E-state index contributed by atoms with van der Waals surface area (Å²) < 4.78 is 5.46. The molecule has 0 fully saturated rings. The fraction of sp³-hybridized carbons (Fsp3) is 0.421. The maximum Gasteiger partial charge on any atom is 0.165 e. The molecule has 3 nitrogen and oxygen atoms in total. The zero-order chi connectivity index (χ0) is 16.1. The Balaban J connectivity index is 2.19. The molecular weight excluding hydrogens is 276 g/mol. The molecule has 22 heavy (non-hydrogen) atoms. The van der Waals surface area contributed by atoms with Crippen molar-refractivity contribution in [2.45, 2.75) is 33.6 Å². The summed E-state index contributed by atoms with van der Waals surface area (Å²) in [6.45, 7) is 5.93. The van der Waals surface area contributed by atoms with Crippen molar-refractivity contribution in [3.8, 4) is 5.75 Å². The molecule has 0 bridgehead atoms. The standard InChI is InChI=1S/C19H22O3/c1-11-7-12-5-6-15-14(8-13(12)9-16(11)20)17(22-4)10-18(21)19(15,2)3/h7-10,15,20H,5-6H2,1-4H3/t15-/m0/s1. The first-order valence-corrected chi connectivity index (χ1v) is 7.69. The highest BCUT2D eigenvalue weighted by atomic mass is 16.5. The summed E-state index contributed by atoms with van der Waals surface area (Å²) in [5.74, 6) is 1.22. The highest BCUT2D eigenvalue weighted by Crippen LogP contribution is 2.46. The van der Waals surface area contributed by atoms with Gasteiger partial charge in [0.1, 0.15) is 11.5 Å². The molecule has 0 spiro atoms. The molecule has 1 aromatic rings. The SMILES string of the molecule is COC1=CC(=O)C(C)(C)[C@H]2CCc3cc(C)c(O)cc3C=C12. The summed E-state index contributed by atoms with van der Waals surface area (Å²) in [5, 5.41) is 10.0. The molecule has 0 amide bonds. The van der Waals surface area contributed by atoms with Gasteiger partial charge in [-0.3, -0.25) is 4.79 Å². The van der Waals surface area contributed by atoms with Crippen LogP contribution in [0.2, 0.25) is 0 Å². The van der Waals surface area contributed by atoms with E-state index in [9.17, 15) is 9.90 Å². The van der Waals surface area contributed by atoms with Gasteiger partial charge in [-0.25, -0.2) is 0 Å². The molecule has 0 radical (unpaired) electrons. The minimum atomic E-state index is -0.424. The third-order valence-electron chi connectivity index (χ3n) is 5.12. The maximum absolute atomic E-state index is 12.4. The Kier molecular flexibility index (Phi) is 3.39. The van der Waals surface area contributed by atoms with Gasteiger partial charge in [0.25, 0.3) is 0 Å². The first-order chi connectivity index (χ1) is 10.3. The van der Waals surface area contributed by atoms with Crippen LogP contribution in [-0.2, 0) is 16.0 Å². The van der Waals surface area contributed by atoms with Gasteiger partial charge in [0.2, 0.25) is 0 Å². The Morgan fingerprint density at radius 3 is 2.68 bits per heavy atom. The predicted octanol–water partition coefficient (Wildman–Crippen LogP) is 3.79. The fourth-order valence-corrected chi connectivity index (χ4v) is 3.58. The van der Waals surface area contributed by atoms with Crippen molar-refractivity contribution in [1.29, 1.82) is 0 Å². The highest BCUT2D eigenvalue weighted by Gasteiger charge is 2.43. The van der Waals surface area contributed by atoms with E-state index in [0.29, 0.717) is 11.5 Å². The molecule has 3 heteroatoms. The summed E-state index contributed by atoms with van der Waals surface area (Å²) in [4.78, 5) is 12.4. The van der Waals surface area contributed by atoms with E-state index in [4.69, 9.17) is 4.74 Å². The number of aryl methyl sites for hydroxylation is 2. The Labute approximate surface area is 131 Å². The van der Waals surface area contributed by atoms with Crippen LogP contribution in [0, 0.1) is 18.3 Å². The number of phenols is 1. The average Bonchev–Trinajstić information content (AvgIpc) is 2.64. The van der Waals surface area contributed by atoms with Gasteiger partial charge in [0.15, 0.2) is 5.78 Å². The van der Waals surface area contributed by atoms with Crippen LogP contribution >= 0.6 is 0 Å². The molecule has 0 aromatic heterocycles. The number of methoxy groups -OCH3 is 1. The van der Waals surface area contributed by atoms with Crippen LogP contribution in [0.1, 0.15) is 37.0 Å². The Hall–Kier alpha value is -2.03. The van der Waals surface area contributed by atoms with Crippen LogP contribution in [0.5, 0.6) is 5.75 Å². The largest absolute Gasteiger partial charge is 0.508 e. The Morgan fingerprint density at radius 1 is 1.27 bits per heavy atom. The van der Waals surface area contributed by atoms with Crippen molar-refractivity contribution in [3.63, 3.8) is 0 Å². The van der Waals surface area contributed by atoms with E-state index in [-0.39, 0.29) is 11.7 Å². The van der Waals surface area contributed by atoms with Gasteiger partial charge < -0.3 is 9.84 Å². The zero-order valence-corrected chi connectivity index (χ0v) is 13.6. The smallest absolute Gasteiger partial charge is 0.165 e. The van der Waals surface area contributed by atoms with Gasteiger partial charge in [-0.1, -0.05) is 19.9 Å². The van der Waals surface area contributed by atoms with Crippen molar-refractivity contribution in [2.75, 3.05) is 7.11 Å². The zero-order valence-electron chi connectivity index (χ0n) is 13.6. The van der Waals surface area contributed by atoms with E-state index >= 15 is 0 Å². The number of phenolic OH excluding ortho intramolecular Hbond substituents is 1. The van der Waals surface area contributed by atoms with Crippen LogP contribution in [-0.4, -0.2) is 18.0 Å². The number of rotatable bonds is 1. The van der Waals surface area contributed by atoms with Crippen molar-refractivity contribution in [3.05, 3.63) is 46.2 Å². The van der Waals surface area contributed by atoms with Crippen molar-refractivity contribution >= 4 is 11.9 Å². The van der Waals surface area contributed by atoms with Crippen LogP contribution in [0.4, 0.5) is 0 Å². The number of carbonyl (C=O) groups excluding carboxylic acids is 1. The number of allylic oxidation sites excluding steroid dienone is 2. The number of fused-ring (bicyclic) bond motifs is 2. The van der Waals surface area contributed by atoms with Gasteiger partial charge in [-0.05, 0) is 54.2 Å². The first-order valence-electron chi connectivity index (χ1n) is 7.69. The van der Waals surface area contributed by atoms with Crippen molar-refractivity contribution in [1.82, 2.24) is 0 Å². The highest BCUT2D eigenvalue weighted by molar-refractivity contribution is 5.98. The second-order valence-corrected chi connectivity index (χ2v) is 6.83. The van der Waals surface area contributed by atoms with Gasteiger partial charge in [-0.15, -0.1) is 0 Å². The van der Waals surface area contributed by atoms with Gasteiger partial charge in [0.05, 0.1) is 7.11 Å². The van der Waals surface area contributed by atoms with Crippen LogP contribution < -0.4 is 0 Å². The van der Waals surface area contributed by atoms with Gasteiger partial charge in [-0.2, -0.15) is 0 Å². The van der Waals surface area contributed by atoms with Crippen molar-refractivity contribution in [2.24, 2.45) is 11.3 Å². The van der Waals surface area contributed by atoms with E-state index in [0.717, 1.165) is 29.5 Å². The lowest BCUT2D eigenvalue weighted by Gasteiger charge is -2.37. The number of aromatic hydroxyl groups is 1. The fourth-order valence-electron chi connectivity index (χ4n) is 3.58. The first kappa shape index (κ1) is 14.9. The van der Waals surface area contributed by atoms with Gasteiger partial charge >= 0.3 is 0 Å². The lowest BCUT2D eigenvalue weighted by Crippen LogP contribution is -2.37. The van der Waals surface area contributed by atoms with Crippen LogP contribution in [0.25, 0.3) is 6.08 Å². The molecule has 2 aliphatic rings. The van der Waals surface area contributed by atoms with Crippen LogP contribution in [0.3, 0.4) is 0 Å². The lowest BCUT2D eigenvalue weighted by molar-refractivity contribution is -0.125. The minimum Gasteiger partial charge on any atom is -0.508 e. The molecule has 1 N–H and O–H groups in total. The number of hydrogen-bond acceptors (Lipinski definition) is 3. The molecule has 3 rings (SSSR count). The lowest BCUT2D eigenvalue weighted by atomic mass is 9.66. The van der Waals surface area contributed by atoms with E-state index in [1.807, 2.05) is 32.9 Å². The third-order valence-corrected chi connectivity index (χ3v) is 5.12. The van der Waals surface area contributed by atoms with Gasteiger partial charge in [0, 0.05) is 17.4 Å². The molecule has 116 valence electrons. The molecule has 0 unspecified atom stereocenters. The molecule has 2 aliphatic carbocycles. The van der Waals surface area contributed by atoms with Crippen LogP contribution in [0.15, 0.2) is 29.5 Å². The molecule has 1 aromatic carbocycles. The third kappa shape index (κ3) is 2.16. The van der Waals surface area contributed by atoms with Crippen molar-refractivity contribution < 1.29 is 14.6 Å². The average molecular weight is 298 g/mol. The number of hydrogen-bond donors (Lipinski definition) is 1. The second kappa shape index (κ2) is 5.01. The topological polar surface area (TPSA) is 46.5 Å². The molecular formula is C19H22O3. The molecule has 1 atom stereocenters. The summed E-state index contributed by atoms with van der Waals surface area (Å²) in [6, 6.07) is 3.86. The molecule has 0 heterocycles. The number of ketones is 1. The summed E-state index contributed by atoms with van der Waals surface area (Å²) in [7, 11) is 1.60. The molecule has 0 saturated carbocycles. The quantitative estimate of drug-likeness (QED) is 0.858. The summed E-state index contributed by atoms with van der Waals surface area (Å²) >= 11 is 0. The molecule has 0 aliphatic heterocycles. The second-order valence-electron chi connectivity index (χ2n) is 6.83. The van der Waals surface area contributed by atoms with E-state index in [1.165, 1.54) is 5.56 Å². The summed E-state index contributed by atoms with van der Waals surface area (Å²) in [6.07, 6.45) is 5.49.